The van der Waals surface area contributed by atoms with Crippen LogP contribution in [-0.4, -0.2) is 8.40 Å². The first-order valence-electron chi connectivity index (χ1n) is 1.70. The maximum atomic E-state index is 6.87. The fourth-order valence-electron chi connectivity index (χ4n) is 0. The quantitative estimate of drug-likeness (QED) is 0.427. The molecule has 0 saturated carbocycles. The SMILES string of the molecule is C=C[Si](C)([NH])[NH]. The standard InChI is InChI=1S/C3H8N2Si/c1-3-6(2,4)5/h3-5H,1H2,2H3. The van der Waals surface area contributed by atoms with Crippen LogP contribution < -0.4 is 10.8 Å². The molecule has 0 aliphatic heterocycles. The normalized spacial score (nSPS) is 11.2. The predicted octanol–water partition coefficient (Wildman–Crippen LogP) is 0.349. The molecular weight excluding hydrogens is 92.1 g/mol. The Kier molecular flexibility index (Phi) is 1.52. The molecule has 0 heterocycles. The predicted molar refractivity (Wildman–Crippen MR) is 28.0 cm³/mol. The van der Waals surface area contributed by atoms with Gasteiger partial charge in [-0.25, -0.2) is 0 Å². The van der Waals surface area contributed by atoms with Crippen LogP contribution in [0.15, 0.2) is 12.3 Å². The summed E-state index contributed by atoms with van der Waals surface area (Å²) in [4.78, 5) is 0. The van der Waals surface area contributed by atoms with Gasteiger partial charge < -0.3 is 0 Å². The Morgan fingerprint density at radius 3 is 1.83 bits per heavy atom. The molecule has 0 unspecified atom stereocenters. The Morgan fingerprint density at radius 1 is 1.67 bits per heavy atom. The average Bonchev–Trinajstić information content (AvgIpc) is 1.35. The van der Waals surface area contributed by atoms with Crippen molar-refractivity contribution in [2.45, 2.75) is 6.55 Å². The molecule has 2 N–H and O–H groups in total. The van der Waals surface area contributed by atoms with Gasteiger partial charge in [0.05, 0.1) is 0 Å². The lowest BCUT2D eigenvalue weighted by Gasteiger charge is -2.00. The summed E-state index contributed by atoms with van der Waals surface area (Å²) in [6.45, 7) is 4.92. The maximum absolute atomic E-state index is 6.87. The van der Waals surface area contributed by atoms with E-state index in [0.717, 1.165) is 0 Å². The molecule has 0 amide bonds. The Labute approximate surface area is 39.0 Å². The molecule has 0 fully saturated rings. The van der Waals surface area contributed by atoms with E-state index in [0.29, 0.717) is 0 Å². The highest BCUT2D eigenvalue weighted by atomic mass is 28.3. The fraction of sp³-hybridized carbons (Fsp3) is 0.333. The van der Waals surface area contributed by atoms with Gasteiger partial charge >= 0.3 is 0 Å². The van der Waals surface area contributed by atoms with Gasteiger partial charge in [-0.3, -0.25) is 10.8 Å². The van der Waals surface area contributed by atoms with E-state index in [1.54, 1.807) is 6.55 Å². The molecule has 0 atom stereocenters. The molecule has 3 heteroatoms. The first-order chi connectivity index (χ1) is 2.56. The maximum Gasteiger partial charge on any atom is 0.249 e. The van der Waals surface area contributed by atoms with Crippen molar-refractivity contribution in [2.75, 3.05) is 0 Å². The van der Waals surface area contributed by atoms with E-state index in [4.69, 9.17) is 10.8 Å². The topological polar surface area (TPSA) is 47.6 Å². The molecule has 0 aromatic heterocycles. The summed E-state index contributed by atoms with van der Waals surface area (Å²) in [7, 11) is -2.37. The first-order valence-corrected chi connectivity index (χ1v) is 4.27. The van der Waals surface area contributed by atoms with Gasteiger partial charge in [-0.15, -0.1) is 6.58 Å². The summed E-state index contributed by atoms with van der Waals surface area (Å²) in [5.74, 6) is 0. The number of rotatable bonds is 1. The van der Waals surface area contributed by atoms with Crippen LogP contribution in [0.25, 0.3) is 0 Å². The second-order valence-electron chi connectivity index (χ2n) is 1.41. The van der Waals surface area contributed by atoms with Crippen molar-refractivity contribution in [2.24, 2.45) is 0 Å². The van der Waals surface area contributed by atoms with E-state index in [1.807, 2.05) is 0 Å². The summed E-state index contributed by atoms with van der Waals surface area (Å²) in [5.41, 5.74) is 1.41. The van der Waals surface area contributed by atoms with Crippen LogP contribution in [0.3, 0.4) is 0 Å². The molecule has 0 bridgehead atoms. The van der Waals surface area contributed by atoms with Crippen molar-refractivity contribution in [1.29, 1.82) is 0 Å². The summed E-state index contributed by atoms with van der Waals surface area (Å²) >= 11 is 0. The van der Waals surface area contributed by atoms with E-state index in [1.165, 1.54) is 5.70 Å². The van der Waals surface area contributed by atoms with Crippen LogP contribution in [0.1, 0.15) is 0 Å². The summed E-state index contributed by atoms with van der Waals surface area (Å²) in [5, 5.41) is 13.7. The first kappa shape index (κ1) is 5.88. The minimum atomic E-state index is -2.37. The zero-order chi connectivity index (χ0) is 5.21. The number of nitrogens with one attached hydrogen (secondary N) is 2. The molecule has 0 spiro atoms. The van der Waals surface area contributed by atoms with Crippen LogP contribution >= 0.6 is 0 Å². The zero-order valence-corrected chi connectivity index (χ0v) is 4.78. The van der Waals surface area contributed by atoms with Crippen molar-refractivity contribution in [3.05, 3.63) is 12.3 Å². The minimum Gasteiger partial charge on any atom is -0.265 e. The van der Waals surface area contributed by atoms with Gasteiger partial charge in [0.2, 0.25) is 8.40 Å². The van der Waals surface area contributed by atoms with E-state index in [2.05, 4.69) is 6.58 Å². The summed E-state index contributed by atoms with van der Waals surface area (Å²) < 4.78 is 0. The fourth-order valence-corrected chi connectivity index (χ4v) is 0. The van der Waals surface area contributed by atoms with E-state index >= 15 is 0 Å². The molecule has 2 radical (unpaired) electrons. The Balaban J connectivity index is 3.45. The van der Waals surface area contributed by atoms with Crippen molar-refractivity contribution >= 4 is 8.40 Å². The lowest BCUT2D eigenvalue weighted by atomic mass is 11.3. The Hall–Kier alpha value is -0.123. The average molecular weight is 100 g/mol. The Morgan fingerprint density at radius 2 is 1.83 bits per heavy atom. The molecule has 6 heavy (non-hydrogen) atoms. The Bertz CT molecular complexity index is 54.3. The van der Waals surface area contributed by atoms with E-state index in [-0.39, 0.29) is 0 Å². The zero-order valence-electron chi connectivity index (χ0n) is 3.78. The van der Waals surface area contributed by atoms with Crippen molar-refractivity contribution in [3.8, 4) is 0 Å². The van der Waals surface area contributed by atoms with Gasteiger partial charge in [-0.2, -0.15) is 0 Å². The molecule has 0 aromatic carbocycles. The molecule has 0 rings (SSSR count). The van der Waals surface area contributed by atoms with Crippen LogP contribution in [0.5, 0.6) is 0 Å². The van der Waals surface area contributed by atoms with Crippen LogP contribution in [0.2, 0.25) is 6.55 Å². The van der Waals surface area contributed by atoms with Crippen molar-refractivity contribution in [1.82, 2.24) is 10.8 Å². The molecule has 34 valence electrons. The van der Waals surface area contributed by atoms with Gasteiger partial charge in [0.1, 0.15) is 0 Å². The third kappa shape index (κ3) is 3.88. The second-order valence-corrected chi connectivity index (χ2v) is 4.22. The van der Waals surface area contributed by atoms with Crippen LogP contribution in [0, 0.1) is 0 Å². The van der Waals surface area contributed by atoms with Gasteiger partial charge in [-0.1, -0.05) is 5.70 Å². The minimum absolute atomic E-state index is 1.41. The van der Waals surface area contributed by atoms with Crippen LogP contribution in [0.4, 0.5) is 0 Å². The molecule has 0 aromatic rings. The monoisotopic (exact) mass is 100 g/mol. The lowest BCUT2D eigenvalue weighted by molar-refractivity contribution is 1.46. The van der Waals surface area contributed by atoms with Gasteiger partial charge in [0, 0.05) is 0 Å². The summed E-state index contributed by atoms with van der Waals surface area (Å²) in [6, 6.07) is 0. The highest BCUT2D eigenvalue weighted by molar-refractivity contribution is 6.76. The number of hydrogen-bond donors (Lipinski definition) is 0. The summed E-state index contributed by atoms with van der Waals surface area (Å²) in [6.07, 6.45) is 0. The van der Waals surface area contributed by atoms with Gasteiger partial charge in [0.15, 0.2) is 0 Å². The smallest absolute Gasteiger partial charge is 0.249 e. The molecule has 2 nitrogen and oxygen atoms in total. The van der Waals surface area contributed by atoms with Gasteiger partial charge in [0.25, 0.3) is 0 Å². The van der Waals surface area contributed by atoms with E-state index < -0.39 is 8.40 Å². The lowest BCUT2D eigenvalue weighted by Crippen LogP contribution is -2.31. The highest BCUT2D eigenvalue weighted by Gasteiger charge is 2.09. The third-order valence-corrected chi connectivity index (χ3v) is 1.22. The molecule has 0 saturated heterocycles. The highest BCUT2D eigenvalue weighted by Crippen LogP contribution is 1.83. The molecule has 0 aliphatic carbocycles. The molecule has 0 aliphatic rings. The largest absolute Gasteiger partial charge is 0.265 e. The third-order valence-electron chi connectivity index (χ3n) is 0.408. The van der Waals surface area contributed by atoms with Crippen molar-refractivity contribution in [3.63, 3.8) is 0 Å². The molecular formula is C3H8N2Si. The van der Waals surface area contributed by atoms with Crippen LogP contribution in [-0.2, 0) is 0 Å². The van der Waals surface area contributed by atoms with Crippen molar-refractivity contribution < 1.29 is 0 Å². The second kappa shape index (κ2) is 1.55. The number of hydrogen-bond acceptors (Lipinski definition) is 0. The van der Waals surface area contributed by atoms with Gasteiger partial charge in [-0.05, 0) is 6.55 Å². The van der Waals surface area contributed by atoms with E-state index in [9.17, 15) is 0 Å².